The second kappa shape index (κ2) is 5.24. The summed E-state index contributed by atoms with van der Waals surface area (Å²) in [7, 11) is 0. The van der Waals surface area contributed by atoms with E-state index in [0.717, 1.165) is 29.2 Å². The predicted molar refractivity (Wildman–Crippen MR) is 76.5 cm³/mol. The molecule has 2 aromatic rings. The Morgan fingerprint density at radius 3 is 2.80 bits per heavy atom. The highest BCUT2D eigenvalue weighted by Crippen LogP contribution is 2.33. The van der Waals surface area contributed by atoms with Crippen LogP contribution < -0.4 is 20.5 Å². The van der Waals surface area contributed by atoms with Gasteiger partial charge in [-0.2, -0.15) is 0 Å². The van der Waals surface area contributed by atoms with Gasteiger partial charge in [0, 0.05) is 23.7 Å². The number of fused-ring (bicyclic) bond motifs is 1. The number of nitrogens with zero attached hydrogens (tertiary/aromatic N) is 2. The molecule has 20 heavy (non-hydrogen) atoms. The zero-order valence-electron chi connectivity index (χ0n) is 11.2. The minimum Gasteiger partial charge on any atom is -0.490 e. The molecule has 0 aliphatic carbocycles. The van der Waals surface area contributed by atoms with Crippen molar-refractivity contribution in [1.29, 1.82) is 0 Å². The van der Waals surface area contributed by atoms with Crippen LogP contribution >= 0.6 is 0 Å². The van der Waals surface area contributed by atoms with Crippen LogP contribution in [0.5, 0.6) is 11.5 Å². The highest BCUT2D eigenvalue weighted by Gasteiger charge is 2.11. The SMILES string of the molecule is Cc1c(N)ncnc1Nc1ccc2c(c1)OCCCO2. The number of nitrogen functional groups attached to an aromatic ring is 1. The molecule has 1 aromatic heterocycles. The van der Waals surface area contributed by atoms with Gasteiger partial charge in [-0.25, -0.2) is 9.97 Å². The lowest BCUT2D eigenvalue weighted by Gasteiger charge is -2.12. The zero-order chi connectivity index (χ0) is 13.9. The van der Waals surface area contributed by atoms with Crippen molar-refractivity contribution in [3.05, 3.63) is 30.1 Å². The maximum Gasteiger partial charge on any atom is 0.163 e. The Morgan fingerprint density at radius 1 is 1.15 bits per heavy atom. The van der Waals surface area contributed by atoms with Crippen LogP contribution in [0.3, 0.4) is 0 Å². The standard InChI is InChI=1S/C14H16N4O2/c1-9-13(15)16-8-17-14(9)18-10-3-4-11-12(7-10)20-6-2-5-19-11/h3-4,7-8H,2,5-6H2,1H3,(H3,15,16,17,18). The lowest BCUT2D eigenvalue weighted by Crippen LogP contribution is -2.02. The number of aromatic nitrogens is 2. The fourth-order valence-electron chi connectivity index (χ4n) is 1.97. The molecule has 0 radical (unpaired) electrons. The van der Waals surface area contributed by atoms with Gasteiger partial charge in [-0.15, -0.1) is 0 Å². The third-order valence-corrected chi connectivity index (χ3v) is 3.13. The Hall–Kier alpha value is -2.50. The van der Waals surface area contributed by atoms with Crippen molar-refractivity contribution >= 4 is 17.3 Å². The molecule has 0 saturated heterocycles. The van der Waals surface area contributed by atoms with Crippen molar-refractivity contribution in [1.82, 2.24) is 9.97 Å². The average Bonchev–Trinajstić information content (AvgIpc) is 2.69. The minimum absolute atomic E-state index is 0.469. The monoisotopic (exact) mass is 272 g/mol. The molecule has 6 nitrogen and oxygen atoms in total. The van der Waals surface area contributed by atoms with E-state index in [2.05, 4.69) is 15.3 Å². The van der Waals surface area contributed by atoms with Crippen molar-refractivity contribution in [2.24, 2.45) is 0 Å². The molecule has 0 unspecified atom stereocenters. The first-order valence-corrected chi connectivity index (χ1v) is 6.48. The number of benzene rings is 1. The molecular formula is C14H16N4O2. The van der Waals surface area contributed by atoms with E-state index in [1.807, 2.05) is 25.1 Å². The first-order chi connectivity index (χ1) is 9.74. The second-order valence-electron chi connectivity index (χ2n) is 4.57. The van der Waals surface area contributed by atoms with Crippen molar-refractivity contribution in [3.8, 4) is 11.5 Å². The normalized spacial score (nSPS) is 13.7. The highest BCUT2D eigenvalue weighted by atomic mass is 16.5. The predicted octanol–water partition coefficient (Wildman–Crippen LogP) is 2.27. The first-order valence-electron chi connectivity index (χ1n) is 6.48. The molecule has 0 saturated carbocycles. The summed E-state index contributed by atoms with van der Waals surface area (Å²) in [6.45, 7) is 3.22. The van der Waals surface area contributed by atoms with E-state index < -0.39 is 0 Å². The van der Waals surface area contributed by atoms with Gasteiger partial charge in [0.2, 0.25) is 0 Å². The van der Waals surface area contributed by atoms with E-state index in [-0.39, 0.29) is 0 Å². The highest BCUT2D eigenvalue weighted by molar-refractivity contribution is 5.65. The molecule has 0 spiro atoms. The number of hydrogen-bond donors (Lipinski definition) is 2. The van der Waals surface area contributed by atoms with E-state index in [1.54, 1.807) is 0 Å². The van der Waals surface area contributed by atoms with E-state index in [9.17, 15) is 0 Å². The summed E-state index contributed by atoms with van der Waals surface area (Å²) >= 11 is 0. The zero-order valence-corrected chi connectivity index (χ0v) is 11.2. The molecule has 0 amide bonds. The number of hydrogen-bond acceptors (Lipinski definition) is 6. The number of rotatable bonds is 2. The molecule has 1 aromatic carbocycles. The maximum absolute atomic E-state index is 5.77. The van der Waals surface area contributed by atoms with Gasteiger partial charge in [0.15, 0.2) is 11.5 Å². The largest absolute Gasteiger partial charge is 0.490 e. The minimum atomic E-state index is 0.469. The third-order valence-electron chi connectivity index (χ3n) is 3.13. The Morgan fingerprint density at radius 2 is 1.95 bits per heavy atom. The number of nitrogens with two attached hydrogens (primary N) is 1. The van der Waals surface area contributed by atoms with Gasteiger partial charge in [0.1, 0.15) is 18.0 Å². The molecule has 1 aliphatic heterocycles. The summed E-state index contributed by atoms with van der Waals surface area (Å²) in [5, 5.41) is 3.22. The van der Waals surface area contributed by atoms with Crippen LogP contribution in [-0.4, -0.2) is 23.2 Å². The van der Waals surface area contributed by atoms with E-state index in [1.165, 1.54) is 6.33 Å². The number of nitrogens with one attached hydrogen (secondary N) is 1. The summed E-state index contributed by atoms with van der Waals surface area (Å²) in [5.74, 6) is 2.67. The molecule has 0 atom stereocenters. The van der Waals surface area contributed by atoms with Crippen LogP contribution in [0, 0.1) is 6.92 Å². The summed E-state index contributed by atoms with van der Waals surface area (Å²) < 4.78 is 11.3. The topological polar surface area (TPSA) is 82.3 Å². The smallest absolute Gasteiger partial charge is 0.163 e. The molecule has 3 N–H and O–H groups in total. The average molecular weight is 272 g/mol. The Kier molecular flexibility index (Phi) is 3.28. The van der Waals surface area contributed by atoms with Crippen molar-refractivity contribution in [2.75, 3.05) is 24.3 Å². The Balaban J connectivity index is 1.88. The Labute approximate surface area is 116 Å². The molecule has 2 heterocycles. The molecule has 1 aliphatic rings. The molecule has 6 heteroatoms. The maximum atomic E-state index is 5.77. The fraction of sp³-hybridized carbons (Fsp3) is 0.286. The molecule has 104 valence electrons. The van der Waals surface area contributed by atoms with E-state index in [0.29, 0.717) is 24.8 Å². The summed E-state index contributed by atoms with van der Waals surface area (Å²) in [4.78, 5) is 8.14. The lowest BCUT2D eigenvalue weighted by atomic mass is 10.2. The Bertz CT molecular complexity index is 631. The van der Waals surface area contributed by atoms with Gasteiger partial charge in [0.25, 0.3) is 0 Å². The summed E-state index contributed by atoms with van der Waals surface area (Å²) in [6, 6.07) is 5.71. The number of ether oxygens (including phenoxy) is 2. The van der Waals surface area contributed by atoms with E-state index in [4.69, 9.17) is 15.2 Å². The van der Waals surface area contributed by atoms with Gasteiger partial charge < -0.3 is 20.5 Å². The van der Waals surface area contributed by atoms with Crippen LogP contribution in [-0.2, 0) is 0 Å². The molecule has 0 bridgehead atoms. The lowest BCUT2D eigenvalue weighted by molar-refractivity contribution is 0.297. The van der Waals surface area contributed by atoms with Gasteiger partial charge in [-0.1, -0.05) is 0 Å². The third kappa shape index (κ3) is 2.45. The van der Waals surface area contributed by atoms with Gasteiger partial charge in [-0.05, 0) is 19.1 Å². The number of anilines is 3. The van der Waals surface area contributed by atoms with Crippen LogP contribution in [0.15, 0.2) is 24.5 Å². The van der Waals surface area contributed by atoms with Crippen LogP contribution in [0.25, 0.3) is 0 Å². The van der Waals surface area contributed by atoms with E-state index >= 15 is 0 Å². The second-order valence-corrected chi connectivity index (χ2v) is 4.57. The molecule has 0 fully saturated rings. The van der Waals surface area contributed by atoms with Crippen LogP contribution in [0.1, 0.15) is 12.0 Å². The van der Waals surface area contributed by atoms with Crippen molar-refractivity contribution < 1.29 is 9.47 Å². The van der Waals surface area contributed by atoms with Crippen molar-refractivity contribution in [2.45, 2.75) is 13.3 Å². The van der Waals surface area contributed by atoms with Gasteiger partial charge in [-0.3, -0.25) is 0 Å². The van der Waals surface area contributed by atoms with Crippen LogP contribution in [0.2, 0.25) is 0 Å². The van der Waals surface area contributed by atoms with Gasteiger partial charge >= 0.3 is 0 Å². The van der Waals surface area contributed by atoms with Crippen LogP contribution in [0.4, 0.5) is 17.3 Å². The molecule has 3 rings (SSSR count). The van der Waals surface area contributed by atoms with Crippen molar-refractivity contribution in [3.63, 3.8) is 0 Å². The van der Waals surface area contributed by atoms with Gasteiger partial charge in [0.05, 0.1) is 13.2 Å². The quantitative estimate of drug-likeness (QED) is 0.872. The fourth-order valence-corrected chi connectivity index (χ4v) is 1.97. The molecular weight excluding hydrogens is 256 g/mol. The first kappa shape index (κ1) is 12.5. The summed E-state index contributed by atoms with van der Waals surface area (Å²) in [6.07, 6.45) is 2.33. The summed E-state index contributed by atoms with van der Waals surface area (Å²) in [5.41, 5.74) is 7.46.